The van der Waals surface area contributed by atoms with Crippen LogP contribution in [0, 0.1) is 31.0 Å². The number of nitrogens with two attached hydrogens (primary N) is 1. The maximum atomic E-state index is 8.49. The Kier molecular flexibility index (Phi) is 5.62. The molecule has 3 rings (SSSR count). The van der Waals surface area contributed by atoms with Crippen molar-refractivity contribution < 1.29 is 33.4 Å². The molecular weight excluding hydrogens is 344 g/mol. The number of nitrogen functional groups attached to an aromatic ring is 1. The molecule has 0 saturated heterocycles. The standard InChI is InChI=1S/C18H19N2.ClHO4/c1-12-10-13(2)20(14(3)11-12)17-9-5-7-15-6-4-8-16(19)18(15)17;2-1(3,4)5/h4-11H,19H2,1-3H3;(H,2,3,4,5)/q+1;/p-1. The van der Waals surface area contributed by atoms with E-state index in [0.717, 1.165) is 16.8 Å². The van der Waals surface area contributed by atoms with E-state index in [1.165, 1.54) is 22.3 Å². The molecule has 6 nitrogen and oxygen atoms in total. The van der Waals surface area contributed by atoms with Gasteiger partial charge in [0.1, 0.15) is 0 Å². The van der Waals surface area contributed by atoms with Gasteiger partial charge in [0.15, 0.2) is 11.4 Å². The number of hydrogen-bond acceptors (Lipinski definition) is 5. The summed E-state index contributed by atoms with van der Waals surface area (Å²) in [5.41, 5.74) is 11.9. The van der Waals surface area contributed by atoms with Gasteiger partial charge in [0.25, 0.3) is 0 Å². The third-order valence-corrected chi connectivity index (χ3v) is 3.73. The summed E-state index contributed by atoms with van der Waals surface area (Å²) in [6.45, 7) is 6.40. The smallest absolute Gasteiger partial charge is 0.221 e. The lowest BCUT2D eigenvalue weighted by molar-refractivity contribution is -2.00. The molecular formula is C18H19ClN2O4. The number of hydrogen-bond donors (Lipinski definition) is 1. The molecule has 0 aliphatic carbocycles. The van der Waals surface area contributed by atoms with Crippen LogP contribution in [0.2, 0.25) is 0 Å². The second-order valence-corrected chi connectivity index (χ2v) is 6.51. The monoisotopic (exact) mass is 362 g/mol. The molecule has 3 aromatic rings. The first kappa shape index (κ1) is 19.1. The molecule has 0 amide bonds. The molecule has 0 saturated carbocycles. The molecule has 25 heavy (non-hydrogen) atoms. The largest absolute Gasteiger partial charge is 0.398 e. The van der Waals surface area contributed by atoms with E-state index < -0.39 is 10.2 Å². The Balaban J connectivity index is 0.000000399. The highest BCUT2D eigenvalue weighted by molar-refractivity contribution is 5.97. The fraction of sp³-hybridized carbons (Fsp3) is 0.167. The van der Waals surface area contributed by atoms with Gasteiger partial charge < -0.3 is 5.73 Å². The van der Waals surface area contributed by atoms with Gasteiger partial charge in [-0.2, -0.15) is 4.57 Å². The van der Waals surface area contributed by atoms with Crippen LogP contribution in [-0.2, 0) is 0 Å². The van der Waals surface area contributed by atoms with E-state index in [1.54, 1.807) is 0 Å². The quantitative estimate of drug-likeness (QED) is 0.433. The van der Waals surface area contributed by atoms with Crippen molar-refractivity contribution in [3.05, 3.63) is 65.5 Å². The average Bonchev–Trinajstić information content (AvgIpc) is 2.44. The van der Waals surface area contributed by atoms with Crippen LogP contribution >= 0.6 is 0 Å². The summed E-state index contributed by atoms with van der Waals surface area (Å²) >= 11 is 0. The van der Waals surface area contributed by atoms with E-state index in [1.807, 2.05) is 12.1 Å². The second kappa shape index (κ2) is 7.35. The molecule has 1 heterocycles. The van der Waals surface area contributed by atoms with Gasteiger partial charge in [-0.3, -0.25) is 0 Å². The lowest BCUT2D eigenvalue weighted by atomic mass is 10.1. The van der Waals surface area contributed by atoms with Crippen molar-refractivity contribution in [2.45, 2.75) is 20.8 Å². The van der Waals surface area contributed by atoms with Crippen molar-refractivity contribution >= 4 is 16.5 Å². The number of pyridine rings is 1. The van der Waals surface area contributed by atoms with Crippen molar-refractivity contribution in [2.75, 3.05) is 5.73 Å². The number of aryl methyl sites for hydroxylation is 3. The van der Waals surface area contributed by atoms with Crippen molar-refractivity contribution in [3.8, 4) is 5.69 Å². The predicted octanol–water partition coefficient (Wildman–Crippen LogP) is -1.13. The van der Waals surface area contributed by atoms with Gasteiger partial charge in [-0.1, -0.05) is 24.3 Å². The summed E-state index contributed by atoms with van der Waals surface area (Å²) in [4.78, 5) is 0. The van der Waals surface area contributed by atoms with Crippen molar-refractivity contribution in [3.63, 3.8) is 0 Å². The first-order chi connectivity index (χ1) is 11.6. The van der Waals surface area contributed by atoms with E-state index in [0.29, 0.717) is 0 Å². The zero-order chi connectivity index (χ0) is 18.8. The maximum Gasteiger partial charge on any atom is 0.221 e. The van der Waals surface area contributed by atoms with Gasteiger partial charge in [-0.25, -0.2) is 18.6 Å². The van der Waals surface area contributed by atoms with Crippen molar-refractivity contribution in [1.82, 2.24) is 0 Å². The predicted molar refractivity (Wildman–Crippen MR) is 84.1 cm³/mol. The van der Waals surface area contributed by atoms with Gasteiger partial charge in [0.05, 0.1) is 5.39 Å². The van der Waals surface area contributed by atoms with Crippen molar-refractivity contribution in [2.24, 2.45) is 0 Å². The highest BCUT2D eigenvalue weighted by Gasteiger charge is 2.18. The Morgan fingerprint density at radius 2 is 1.32 bits per heavy atom. The summed E-state index contributed by atoms with van der Waals surface area (Å²) in [5.74, 6) is 0. The number of nitrogens with zero attached hydrogens (tertiary/aromatic N) is 1. The van der Waals surface area contributed by atoms with Gasteiger partial charge in [-0.15, -0.1) is 10.2 Å². The maximum absolute atomic E-state index is 8.49. The van der Waals surface area contributed by atoms with E-state index in [2.05, 4.69) is 61.7 Å². The number of rotatable bonds is 1. The van der Waals surface area contributed by atoms with Crippen LogP contribution < -0.4 is 28.9 Å². The van der Waals surface area contributed by atoms with Crippen LogP contribution in [0.15, 0.2) is 48.5 Å². The van der Waals surface area contributed by atoms with Crippen LogP contribution in [0.1, 0.15) is 17.0 Å². The minimum absolute atomic E-state index is 0.824. The van der Waals surface area contributed by atoms with Crippen LogP contribution in [0.5, 0.6) is 0 Å². The van der Waals surface area contributed by atoms with Crippen LogP contribution in [0.3, 0.4) is 0 Å². The molecule has 0 aliphatic rings. The highest BCUT2D eigenvalue weighted by atomic mass is 35.7. The topological polar surface area (TPSA) is 122 Å². The lowest BCUT2D eigenvalue weighted by Crippen LogP contribution is -2.68. The highest BCUT2D eigenvalue weighted by Crippen LogP contribution is 2.25. The fourth-order valence-corrected chi connectivity index (χ4v) is 3.02. The van der Waals surface area contributed by atoms with Gasteiger partial charge in [0, 0.05) is 37.7 Å². The Bertz CT molecular complexity index is 873. The van der Waals surface area contributed by atoms with Crippen molar-refractivity contribution in [1.29, 1.82) is 0 Å². The number of aromatic nitrogens is 1. The molecule has 0 unspecified atom stereocenters. The molecule has 2 N–H and O–H groups in total. The Hall–Kier alpha value is -2.22. The third kappa shape index (κ3) is 4.88. The number of benzene rings is 2. The fourth-order valence-electron chi connectivity index (χ4n) is 3.02. The first-order valence-electron chi connectivity index (χ1n) is 7.47. The molecule has 0 fully saturated rings. The minimum atomic E-state index is -4.94. The van der Waals surface area contributed by atoms with Crippen LogP contribution in [-0.4, -0.2) is 0 Å². The van der Waals surface area contributed by atoms with E-state index in [9.17, 15) is 0 Å². The number of anilines is 1. The summed E-state index contributed by atoms with van der Waals surface area (Å²) in [6, 6.07) is 16.8. The molecule has 2 aromatic carbocycles. The average molecular weight is 363 g/mol. The molecule has 0 atom stereocenters. The zero-order valence-corrected chi connectivity index (χ0v) is 14.9. The van der Waals surface area contributed by atoms with Gasteiger partial charge >= 0.3 is 0 Å². The summed E-state index contributed by atoms with van der Waals surface area (Å²) in [5, 5.41) is 2.30. The lowest BCUT2D eigenvalue weighted by Gasteiger charge is -2.17. The molecule has 1 aromatic heterocycles. The molecule has 0 bridgehead atoms. The molecule has 0 aliphatic heterocycles. The Labute approximate surface area is 148 Å². The zero-order valence-electron chi connectivity index (χ0n) is 14.2. The molecule has 132 valence electrons. The van der Waals surface area contributed by atoms with E-state index >= 15 is 0 Å². The van der Waals surface area contributed by atoms with Crippen LogP contribution in [0.4, 0.5) is 5.69 Å². The first-order valence-corrected chi connectivity index (χ1v) is 8.70. The summed E-state index contributed by atoms with van der Waals surface area (Å²) in [6.07, 6.45) is 0. The SMILES string of the molecule is Cc1cc(C)[n+](-c2cccc3cccc(N)c23)c(C)c1.[O-][Cl+3]([O-])([O-])[O-]. The van der Waals surface area contributed by atoms with E-state index in [-0.39, 0.29) is 0 Å². The van der Waals surface area contributed by atoms with E-state index in [4.69, 9.17) is 24.4 Å². The second-order valence-electron chi connectivity index (χ2n) is 5.75. The number of halogens is 1. The molecule has 0 radical (unpaired) electrons. The van der Waals surface area contributed by atoms with Crippen LogP contribution in [0.25, 0.3) is 16.5 Å². The minimum Gasteiger partial charge on any atom is -0.398 e. The van der Waals surface area contributed by atoms with Gasteiger partial charge in [0.2, 0.25) is 5.69 Å². The Morgan fingerprint density at radius 1 is 0.840 bits per heavy atom. The third-order valence-electron chi connectivity index (χ3n) is 3.73. The Morgan fingerprint density at radius 3 is 1.84 bits per heavy atom. The van der Waals surface area contributed by atoms with Gasteiger partial charge in [-0.05, 0) is 23.9 Å². The number of fused-ring (bicyclic) bond motifs is 1. The summed E-state index contributed by atoms with van der Waals surface area (Å²) in [7, 11) is -4.94. The summed E-state index contributed by atoms with van der Waals surface area (Å²) < 4.78 is 36.2. The molecule has 7 heteroatoms. The normalized spacial score (nSPS) is 11.2. The molecule has 0 spiro atoms.